The molecule has 0 radical (unpaired) electrons. The molecule has 58 valence electrons. The lowest BCUT2D eigenvalue weighted by molar-refractivity contribution is 0.312. The highest BCUT2D eigenvalue weighted by molar-refractivity contribution is 5.19. The molecule has 1 aliphatic carbocycles. The third-order valence-corrected chi connectivity index (χ3v) is 2.62. The Morgan fingerprint density at radius 3 is 2.70 bits per heavy atom. The molecule has 1 fully saturated rings. The summed E-state index contributed by atoms with van der Waals surface area (Å²) in [5.41, 5.74) is 7.18. The molecule has 1 aliphatic rings. The van der Waals surface area contributed by atoms with E-state index in [4.69, 9.17) is 5.73 Å². The van der Waals surface area contributed by atoms with Crippen LogP contribution < -0.4 is 5.73 Å². The quantitative estimate of drug-likeness (QED) is 0.581. The van der Waals surface area contributed by atoms with Gasteiger partial charge in [-0.05, 0) is 38.1 Å². The Hall–Kier alpha value is -0.300. The van der Waals surface area contributed by atoms with Gasteiger partial charge in [-0.3, -0.25) is 0 Å². The molecule has 2 N–H and O–H groups in total. The molecule has 0 aromatic rings. The van der Waals surface area contributed by atoms with E-state index < -0.39 is 0 Å². The number of hydrogen-bond acceptors (Lipinski definition) is 1. The van der Waals surface area contributed by atoms with E-state index in [0.29, 0.717) is 0 Å². The van der Waals surface area contributed by atoms with Gasteiger partial charge >= 0.3 is 0 Å². The van der Waals surface area contributed by atoms with Gasteiger partial charge < -0.3 is 5.73 Å². The van der Waals surface area contributed by atoms with Crippen molar-refractivity contribution in [3.8, 4) is 0 Å². The molecule has 1 nitrogen and oxygen atoms in total. The number of rotatable bonds is 2. The fraction of sp³-hybridized carbons (Fsp3) is 0.778. The lowest BCUT2D eigenvalue weighted by Gasteiger charge is -2.38. The van der Waals surface area contributed by atoms with Crippen LogP contribution in [-0.2, 0) is 0 Å². The highest BCUT2D eigenvalue weighted by Gasteiger charge is 2.31. The summed E-state index contributed by atoms with van der Waals surface area (Å²) < 4.78 is 0. The zero-order valence-corrected chi connectivity index (χ0v) is 6.93. The standard InChI is InChI=1S/C9H17N/c1-3-7-5-8(6-10)9(7)4-2/h4,7-8H,3,5-6,10H2,1-2H3. The molecule has 0 amide bonds. The highest BCUT2D eigenvalue weighted by atomic mass is 14.6. The normalized spacial score (nSPS) is 36.1. The number of nitrogens with two attached hydrogens (primary N) is 1. The van der Waals surface area contributed by atoms with Crippen LogP contribution in [0.2, 0.25) is 0 Å². The second-order valence-electron chi connectivity index (χ2n) is 3.06. The molecule has 0 aromatic heterocycles. The summed E-state index contributed by atoms with van der Waals surface area (Å²) in [5, 5.41) is 0. The lowest BCUT2D eigenvalue weighted by atomic mass is 9.68. The maximum atomic E-state index is 5.58. The zero-order valence-electron chi connectivity index (χ0n) is 6.93. The van der Waals surface area contributed by atoms with Gasteiger partial charge in [-0.2, -0.15) is 0 Å². The summed E-state index contributed by atoms with van der Waals surface area (Å²) >= 11 is 0. The third kappa shape index (κ3) is 1.10. The van der Waals surface area contributed by atoms with Gasteiger partial charge in [0.05, 0.1) is 0 Å². The first kappa shape index (κ1) is 7.80. The molecule has 0 aromatic carbocycles. The van der Waals surface area contributed by atoms with Crippen LogP contribution in [-0.4, -0.2) is 6.54 Å². The van der Waals surface area contributed by atoms with Gasteiger partial charge in [-0.25, -0.2) is 0 Å². The van der Waals surface area contributed by atoms with E-state index in [1.807, 2.05) is 0 Å². The monoisotopic (exact) mass is 139 g/mol. The van der Waals surface area contributed by atoms with Crippen molar-refractivity contribution >= 4 is 0 Å². The molecular weight excluding hydrogens is 122 g/mol. The Balaban J connectivity index is 2.47. The second-order valence-corrected chi connectivity index (χ2v) is 3.06. The smallest absolute Gasteiger partial charge is 0.00112 e. The van der Waals surface area contributed by atoms with Crippen molar-refractivity contribution in [2.45, 2.75) is 26.7 Å². The van der Waals surface area contributed by atoms with E-state index >= 15 is 0 Å². The first-order valence-corrected chi connectivity index (χ1v) is 4.19. The first-order chi connectivity index (χ1) is 4.83. The average Bonchev–Trinajstić information content (AvgIpc) is 1.89. The predicted molar refractivity (Wildman–Crippen MR) is 44.7 cm³/mol. The maximum Gasteiger partial charge on any atom is -0.00112 e. The SMILES string of the molecule is CC=C1C(CC)CC1CN. The van der Waals surface area contributed by atoms with Gasteiger partial charge in [0.1, 0.15) is 0 Å². The van der Waals surface area contributed by atoms with Crippen molar-refractivity contribution in [2.24, 2.45) is 17.6 Å². The lowest BCUT2D eigenvalue weighted by Crippen LogP contribution is -2.32. The zero-order chi connectivity index (χ0) is 7.56. The summed E-state index contributed by atoms with van der Waals surface area (Å²) in [5.74, 6) is 1.58. The molecule has 0 aliphatic heterocycles. The van der Waals surface area contributed by atoms with E-state index in [2.05, 4.69) is 19.9 Å². The third-order valence-electron chi connectivity index (χ3n) is 2.62. The summed E-state index contributed by atoms with van der Waals surface area (Å²) in [6.07, 6.45) is 4.86. The van der Waals surface area contributed by atoms with Crippen LogP contribution in [0.1, 0.15) is 26.7 Å². The number of hydrogen-bond donors (Lipinski definition) is 1. The molecule has 0 heterocycles. The van der Waals surface area contributed by atoms with E-state index in [-0.39, 0.29) is 0 Å². The van der Waals surface area contributed by atoms with Crippen LogP contribution >= 0.6 is 0 Å². The Kier molecular flexibility index (Phi) is 2.50. The molecule has 0 spiro atoms. The summed E-state index contributed by atoms with van der Waals surface area (Å²) in [4.78, 5) is 0. The van der Waals surface area contributed by atoms with E-state index in [1.54, 1.807) is 5.57 Å². The molecule has 1 rings (SSSR count). The van der Waals surface area contributed by atoms with Crippen LogP contribution in [0.3, 0.4) is 0 Å². The minimum atomic E-state index is 0.718. The minimum Gasteiger partial charge on any atom is -0.330 e. The van der Waals surface area contributed by atoms with Gasteiger partial charge in [0.15, 0.2) is 0 Å². The van der Waals surface area contributed by atoms with Crippen LogP contribution in [0.15, 0.2) is 11.6 Å². The van der Waals surface area contributed by atoms with Crippen molar-refractivity contribution in [1.29, 1.82) is 0 Å². The molecule has 2 unspecified atom stereocenters. The van der Waals surface area contributed by atoms with Crippen molar-refractivity contribution < 1.29 is 0 Å². The molecule has 1 saturated carbocycles. The first-order valence-electron chi connectivity index (χ1n) is 4.19. The molecule has 0 bridgehead atoms. The molecule has 1 heteroatoms. The van der Waals surface area contributed by atoms with Crippen molar-refractivity contribution in [2.75, 3.05) is 6.54 Å². The second kappa shape index (κ2) is 3.20. The van der Waals surface area contributed by atoms with E-state index in [0.717, 1.165) is 18.4 Å². The molecular formula is C9H17N. The Labute approximate surface area is 63.3 Å². The molecule has 0 saturated heterocycles. The highest BCUT2D eigenvalue weighted by Crippen LogP contribution is 2.40. The fourth-order valence-electron chi connectivity index (χ4n) is 1.89. The van der Waals surface area contributed by atoms with Gasteiger partial charge in [0.25, 0.3) is 0 Å². The summed E-state index contributed by atoms with van der Waals surface area (Å²) in [6.45, 7) is 5.22. The minimum absolute atomic E-state index is 0.718. The van der Waals surface area contributed by atoms with Gasteiger partial charge in [-0.1, -0.05) is 18.6 Å². The van der Waals surface area contributed by atoms with Crippen LogP contribution in [0.5, 0.6) is 0 Å². The topological polar surface area (TPSA) is 26.0 Å². The molecule has 2 atom stereocenters. The number of allylic oxidation sites excluding steroid dienone is 1. The summed E-state index contributed by atoms with van der Waals surface area (Å²) in [6, 6.07) is 0. The summed E-state index contributed by atoms with van der Waals surface area (Å²) in [7, 11) is 0. The Bertz CT molecular complexity index is 126. The maximum absolute atomic E-state index is 5.58. The Morgan fingerprint density at radius 2 is 2.30 bits per heavy atom. The van der Waals surface area contributed by atoms with Crippen molar-refractivity contribution in [3.63, 3.8) is 0 Å². The van der Waals surface area contributed by atoms with Gasteiger partial charge in [-0.15, -0.1) is 0 Å². The predicted octanol–water partition coefficient (Wildman–Crippen LogP) is 1.94. The molecule has 10 heavy (non-hydrogen) atoms. The van der Waals surface area contributed by atoms with Gasteiger partial charge in [0.2, 0.25) is 0 Å². The fourth-order valence-corrected chi connectivity index (χ4v) is 1.89. The van der Waals surface area contributed by atoms with Crippen molar-refractivity contribution in [1.82, 2.24) is 0 Å². The van der Waals surface area contributed by atoms with E-state index in [9.17, 15) is 0 Å². The van der Waals surface area contributed by atoms with Gasteiger partial charge in [0, 0.05) is 0 Å². The Morgan fingerprint density at radius 1 is 1.60 bits per heavy atom. The van der Waals surface area contributed by atoms with Crippen LogP contribution in [0.4, 0.5) is 0 Å². The van der Waals surface area contributed by atoms with E-state index in [1.165, 1.54) is 12.8 Å². The van der Waals surface area contributed by atoms with Crippen molar-refractivity contribution in [3.05, 3.63) is 11.6 Å². The largest absolute Gasteiger partial charge is 0.330 e. The average molecular weight is 139 g/mol. The van der Waals surface area contributed by atoms with Crippen LogP contribution in [0, 0.1) is 11.8 Å². The van der Waals surface area contributed by atoms with Crippen LogP contribution in [0.25, 0.3) is 0 Å².